The predicted molar refractivity (Wildman–Crippen MR) is 67.8 cm³/mol. The minimum Gasteiger partial charge on any atom is -0.458 e. The van der Waals surface area contributed by atoms with Crippen molar-refractivity contribution in [3.63, 3.8) is 0 Å². The van der Waals surface area contributed by atoms with Crippen molar-refractivity contribution in [1.82, 2.24) is 9.88 Å². The molecule has 0 atom stereocenters. The van der Waals surface area contributed by atoms with Crippen molar-refractivity contribution in [2.24, 2.45) is 0 Å². The van der Waals surface area contributed by atoms with Crippen molar-refractivity contribution in [3.05, 3.63) is 16.1 Å². The number of esters is 1. The molecule has 0 spiro atoms. The van der Waals surface area contributed by atoms with Gasteiger partial charge in [-0.25, -0.2) is 9.78 Å². The maximum atomic E-state index is 12.2. The molecule has 20 heavy (non-hydrogen) atoms. The Bertz CT molecular complexity index is 468. The second-order valence-electron chi connectivity index (χ2n) is 4.76. The van der Waals surface area contributed by atoms with Crippen LogP contribution >= 0.6 is 11.3 Å². The van der Waals surface area contributed by atoms with Gasteiger partial charge >= 0.3 is 12.1 Å². The van der Waals surface area contributed by atoms with Gasteiger partial charge in [0.2, 0.25) is 0 Å². The van der Waals surface area contributed by atoms with Crippen LogP contribution in [-0.4, -0.2) is 47.8 Å². The van der Waals surface area contributed by atoms with Gasteiger partial charge in [-0.2, -0.15) is 13.2 Å². The molecule has 1 saturated heterocycles. The van der Waals surface area contributed by atoms with Gasteiger partial charge in [0.15, 0.2) is 0 Å². The number of aryl methyl sites for hydroxylation is 1. The lowest BCUT2D eigenvalue weighted by Crippen LogP contribution is -2.42. The Morgan fingerprint density at radius 2 is 2.15 bits per heavy atom. The zero-order chi connectivity index (χ0) is 14.8. The van der Waals surface area contributed by atoms with E-state index in [4.69, 9.17) is 4.74 Å². The molecule has 0 N–H and O–H groups in total. The van der Waals surface area contributed by atoms with E-state index < -0.39 is 18.7 Å². The van der Waals surface area contributed by atoms with Crippen molar-refractivity contribution >= 4 is 17.3 Å². The molecule has 1 aliphatic rings. The van der Waals surface area contributed by atoms with Gasteiger partial charge in [-0.05, 0) is 19.8 Å². The van der Waals surface area contributed by atoms with Crippen LogP contribution in [0.4, 0.5) is 13.2 Å². The molecule has 1 aromatic heterocycles. The van der Waals surface area contributed by atoms with Gasteiger partial charge < -0.3 is 4.74 Å². The smallest absolute Gasteiger partial charge is 0.401 e. The van der Waals surface area contributed by atoms with Crippen molar-refractivity contribution in [2.45, 2.75) is 32.0 Å². The molecule has 0 aliphatic carbocycles. The van der Waals surface area contributed by atoms with E-state index in [2.05, 4.69) is 4.98 Å². The van der Waals surface area contributed by atoms with E-state index in [-0.39, 0.29) is 6.10 Å². The van der Waals surface area contributed by atoms with Crippen molar-refractivity contribution in [3.8, 4) is 0 Å². The van der Waals surface area contributed by atoms with Crippen LogP contribution < -0.4 is 0 Å². The molecule has 0 radical (unpaired) electrons. The van der Waals surface area contributed by atoms with E-state index >= 15 is 0 Å². The number of likely N-dealkylation sites (tertiary alicyclic amines) is 1. The highest BCUT2D eigenvalue weighted by Crippen LogP contribution is 2.22. The summed E-state index contributed by atoms with van der Waals surface area (Å²) in [6.07, 6.45) is -3.63. The highest BCUT2D eigenvalue weighted by atomic mass is 32.1. The summed E-state index contributed by atoms with van der Waals surface area (Å²) in [4.78, 5) is 17.6. The Kier molecular flexibility index (Phi) is 4.64. The van der Waals surface area contributed by atoms with E-state index in [0.717, 1.165) is 0 Å². The van der Waals surface area contributed by atoms with E-state index in [1.165, 1.54) is 16.2 Å². The summed E-state index contributed by atoms with van der Waals surface area (Å²) in [5.74, 6) is -0.431. The molecule has 0 saturated carbocycles. The molecular weight excluding hydrogens is 293 g/mol. The van der Waals surface area contributed by atoms with Crippen LogP contribution in [0.15, 0.2) is 5.51 Å². The number of halogens is 3. The average molecular weight is 308 g/mol. The maximum absolute atomic E-state index is 12.2. The van der Waals surface area contributed by atoms with Gasteiger partial charge in [0.25, 0.3) is 0 Å². The summed E-state index contributed by atoms with van der Waals surface area (Å²) in [5.41, 5.74) is 2.19. The summed E-state index contributed by atoms with van der Waals surface area (Å²) in [6, 6.07) is 0. The van der Waals surface area contributed by atoms with Crippen LogP contribution in [0.3, 0.4) is 0 Å². The third-order valence-corrected chi connectivity index (χ3v) is 4.05. The summed E-state index contributed by atoms with van der Waals surface area (Å²) in [5, 5.41) is 0. The van der Waals surface area contributed by atoms with Crippen LogP contribution in [0.25, 0.3) is 0 Å². The zero-order valence-electron chi connectivity index (χ0n) is 10.9. The number of alkyl halides is 3. The lowest BCUT2D eigenvalue weighted by molar-refractivity contribution is -0.150. The minimum absolute atomic E-state index is 0.291. The Morgan fingerprint density at radius 1 is 1.50 bits per heavy atom. The van der Waals surface area contributed by atoms with Crippen LogP contribution in [0.1, 0.15) is 28.2 Å². The number of rotatable bonds is 3. The number of nitrogens with zero attached hydrogens (tertiary/aromatic N) is 2. The molecule has 2 heterocycles. The largest absolute Gasteiger partial charge is 0.458 e. The van der Waals surface area contributed by atoms with Crippen LogP contribution in [0.2, 0.25) is 0 Å². The molecule has 1 aliphatic heterocycles. The molecule has 112 valence electrons. The Hall–Kier alpha value is -1.15. The monoisotopic (exact) mass is 308 g/mol. The number of carbonyl (C=O) groups is 1. The van der Waals surface area contributed by atoms with E-state index in [1.54, 1.807) is 12.4 Å². The van der Waals surface area contributed by atoms with E-state index in [9.17, 15) is 18.0 Å². The number of piperidine rings is 1. The molecule has 1 aromatic rings. The number of hydrogen-bond acceptors (Lipinski definition) is 5. The minimum atomic E-state index is -4.18. The van der Waals surface area contributed by atoms with Gasteiger partial charge in [0.05, 0.1) is 17.7 Å². The quantitative estimate of drug-likeness (QED) is 0.805. The summed E-state index contributed by atoms with van der Waals surface area (Å²) in [6.45, 7) is 1.40. The average Bonchev–Trinajstić information content (AvgIpc) is 2.76. The summed E-state index contributed by atoms with van der Waals surface area (Å²) in [7, 11) is 0. The number of carbonyl (C=O) groups excluding carboxylic acids is 1. The van der Waals surface area contributed by atoms with Crippen LogP contribution in [-0.2, 0) is 4.74 Å². The molecule has 2 rings (SSSR count). The maximum Gasteiger partial charge on any atom is 0.401 e. The second-order valence-corrected chi connectivity index (χ2v) is 5.62. The first-order chi connectivity index (χ1) is 9.35. The normalized spacial score (nSPS) is 18.2. The summed E-state index contributed by atoms with van der Waals surface area (Å²) < 4.78 is 42.1. The Balaban J connectivity index is 1.80. The van der Waals surface area contributed by atoms with Crippen molar-refractivity contribution in [2.75, 3.05) is 19.6 Å². The zero-order valence-corrected chi connectivity index (χ0v) is 11.8. The first kappa shape index (κ1) is 15.2. The fourth-order valence-electron chi connectivity index (χ4n) is 2.14. The van der Waals surface area contributed by atoms with Gasteiger partial charge in [0, 0.05) is 13.1 Å². The molecule has 0 amide bonds. The molecule has 0 unspecified atom stereocenters. The Labute approximate surface area is 118 Å². The highest BCUT2D eigenvalue weighted by molar-refractivity contribution is 7.11. The van der Waals surface area contributed by atoms with E-state index in [0.29, 0.717) is 36.5 Å². The third kappa shape index (κ3) is 4.17. The molecule has 8 heteroatoms. The second kappa shape index (κ2) is 6.09. The number of thiazole rings is 1. The fraction of sp³-hybridized carbons (Fsp3) is 0.667. The third-order valence-electron chi connectivity index (χ3n) is 3.14. The first-order valence-electron chi connectivity index (χ1n) is 6.25. The van der Waals surface area contributed by atoms with Gasteiger partial charge in [-0.3, -0.25) is 4.90 Å². The first-order valence-corrected chi connectivity index (χ1v) is 7.13. The lowest BCUT2D eigenvalue weighted by atomic mass is 10.1. The standard InChI is InChI=1S/C12H15F3N2O2S/c1-8-10(20-7-16-8)11(18)19-9-2-4-17(5-3-9)6-12(13,14)15/h7,9H,2-6H2,1H3. The number of hydrogen-bond donors (Lipinski definition) is 0. The highest BCUT2D eigenvalue weighted by Gasteiger charge is 2.33. The number of aromatic nitrogens is 1. The summed E-state index contributed by atoms with van der Waals surface area (Å²) >= 11 is 1.21. The Morgan fingerprint density at radius 3 is 2.65 bits per heavy atom. The predicted octanol–water partition coefficient (Wildman–Crippen LogP) is 2.64. The fourth-order valence-corrected chi connectivity index (χ4v) is 2.83. The van der Waals surface area contributed by atoms with Crippen molar-refractivity contribution < 1.29 is 22.7 Å². The van der Waals surface area contributed by atoms with Gasteiger partial charge in [0.1, 0.15) is 11.0 Å². The molecule has 1 fully saturated rings. The molecule has 4 nitrogen and oxygen atoms in total. The lowest BCUT2D eigenvalue weighted by Gasteiger charge is -2.31. The topological polar surface area (TPSA) is 42.4 Å². The SMILES string of the molecule is Cc1ncsc1C(=O)OC1CCN(CC(F)(F)F)CC1. The molecular formula is C12H15F3N2O2S. The van der Waals surface area contributed by atoms with Crippen LogP contribution in [0.5, 0.6) is 0 Å². The number of ether oxygens (including phenoxy) is 1. The molecule has 0 bridgehead atoms. The molecule has 0 aromatic carbocycles. The van der Waals surface area contributed by atoms with Gasteiger partial charge in [-0.1, -0.05) is 0 Å². The van der Waals surface area contributed by atoms with E-state index in [1.807, 2.05) is 0 Å². The van der Waals surface area contributed by atoms with Crippen LogP contribution in [0, 0.1) is 6.92 Å². The van der Waals surface area contributed by atoms with Gasteiger partial charge in [-0.15, -0.1) is 11.3 Å². The van der Waals surface area contributed by atoms with Crippen molar-refractivity contribution in [1.29, 1.82) is 0 Å².